The van der Waals surface area contributed by atoms with Crippen LogP contribution in [-0.4, -0.2) is 43.0 Å². The third-order valence-corrected chi connectivity index (χ3v) is 3.58. The summed E-state index contributed by atoms with van der Waals surface area (Å²) in [4.78, 5) is 2.28. The molecule has 0 radical (unpaired) electrons. The van der Waals surface area contributed by atoms with Gasteiger partial charge in [-0.05, 0) is 38.9 Å². The van der Waals surface area contributed by atoms with Gasteiger partial charge in [0.2, 0.25) is 5.92 Å². The van der Waals surface area contributed by atoms with Crippen molar-refractivity contribution in [3.8, 4) is 0 Å². The molecule has 2 fully saturated rings. The second-order valence-corrected chi connectivity index (χ2v) is 4.73. The van der Waals surface area contributed by atoms with E-state index in [9.17, 15) is 8.78 Å². The molecule has 0 aliphatic carbocycles. The number of alkyl halides is 2. The first kappa shape index (κ1) is 11.3. The molecule has 0 bridgehead atoms. The van der Waals surface area contributed by atoms with E-state index in [0.717, 1.165) is 32.5 Å². The molecule has 2 rings (SSSR count). The number of nitrogens with one attached hydrogen (secondary N) is 1. The lowest BCUT2D eigenvalue weighted by atomic mass is 10.0. The smallest absolute Gasteiger partial charge is 0.249 e. The van der Waals surface area contributed by atoms with Gasteiger partial charge in [0.25, 0.3) is 0 Å². The fourth-order valence-corrected chi connectivity index (χ4v) is 2.62. The number of hydrogen-bond donors (Lipinski definition) is 1. The Hall–Kier alpha value is -0.220. The summed E-state index contributed by atoms with van der Waals surface area (Å²) in [6, 6.07) is 0.542. The molecule has 15 heavy (non-hydrogen) atoms. The summed E-state index contributed by atoms with van der Waals surface area (Å²) in [5, 5.41) is 3.31. The van der Waals surface area contributed by atoms with Crippen LogP contribution in [-0.2, 0) is 0 Å². The molecule has 2 aliphatic rings. The Labute approximate surface area is 90.0 Å². The van der Waals surface area contributed by atoms with Crippen molar-refractivity contribution >= 4 is 0 Å². The van der Waals surface area contributed by atoms with Gasteiger partial charge in [-0.1, -0.05) is 0 Å². The van der Waals surface area contributed by atoms with Gasteiger partial charge in [-0.15, -0.1) is 0 Å². The highest BCUT2D eigenvalue weighted by molar-refractivity contribution is 4.82. The van der Waals surface area contributed by atoms with E-state index >= 15 is 0 Å². The quantitative estimate of drug-likeness (QED) is 0.722. The van der Waals surface area contributed by atoms with Crippen LogP contribution < -0.4 is 5.32 Å². The summed E-state index contributed by atoms with van der Waals surface area (Å²) in [6.07, 6.45) is 3.01. The molecule has 1 N–H and O–H groups in total. The van der Waals surface area contributed by atoms with Crippen molar-refractivity contribution in [2.75, 3.05) is 26.2 Å². The highest BCUT2D eigenvalue weighted by Gasteiger charge is 2.33. The standard InChI is InChI=1S/C11H20F2N2/c12-11(13)4-1-8-15(9-5-11)10-2-6-14-7-3-10/h10,14H,1-9H2. The van der Waals surface area contributed by atoms with E-state index in [1.165, 1.54) is 0 Å². The molecule has 2 saturated heterocycles. The van der Waals surface area contributed by atoms with Gasteiger partial charge in [-0.2, -0.15) is 0 Å². The van der Waals surface area contributed by atoms with Gasteiger partial charge in [0.05, 0.1) is 0 Å². The lowest BCUT2D eigenvalue weighted by molar-refractivity contribution is -0.0143. The van der Waals surface area contributed by atoms with Crippen LogP contribution in [0.15, 0.2) is 0 Å². The predicted octanol–water partition coefficient (Wildman–Crippen LogP) is 1.86. The van der Waals surface area contributed by atoms with Crippen LogP contribution in [0.4, 0.5) is 8.78 Å². The molecule has 0 aromatic rings. The first-order valence-corrected chi connectivity index (χ1v) is 6.00. The molecule has 2 aliphatic heterocycles. The van der Waals surface area contributed by atoms with Crippen LogP contribution in [0.5, 0.6) is 0 Å². The lowest BCUT2D eigenvalue weighted by Crippen LogP contribution is -2.43. The van der Waals surface area contributed by atoms with Crippen molar-refractivity contribution in [2.24, 2.45) is 0 Å². The number of nitrogens with zero attached hydrogens (tertiary/aromatic N) is 1. The molecule has 4 heteroatoms. The van der Waals surface area contributed by atoms with E-state index in [1.807, 2.05) is 0 Å². The third-order valence-electron chi connectivity index (χ3n) is 3.58. The SMILES string of the molecule is FC1(F)CCCN(C2CCNCC2)CC1. The van der Waals surface area contributed by atoms with E-state index in [-0.39, 0.29) is 12.8 Å². The molecule has 0 aromatic carbocycles. The summed E-state index contributed by atoms with van der Waals surface area (Å²) in [5.74, 6) is -2.42. The van der Waals surface area contributed by atoms with Gasteiger partial charge in [-0.3, -0.25) is 0 Å². The van der Waals surface area contributed by atoms with E-state index in [2.05, 4.69) is 10.2 Å². The summed E-state index contributed by atoms with van der Waals surface area (Å²) >= 11 is 0. The first-order chi connectivity index (χ1) is 7.17. The largest absolute Gasteiger partial charge is 0.317 e. The molecular formula is C11H20F2N2. The maximum atomic E-state index is 13.2. The average molecular weight is 218 g/mol. The van der Waals surface area contributed by atoms with Crippen molar-refractivity contribution in [3.05, 3.63) is 0 Å². The summed E-state index contributed by atoms with van der Waals surface area (Å²) in [5.41, 5.74) is 0. The average Bonchev–Trinajstić information content (AvgIpc) is 2.41. The second kappa shape index (κ2) is 4.74. The Morgan fingerprint density at radius 1 is 1.07 bits per heavy atom. The minimum absolute atomic E-state index is 0.0525. The Morgan fingerprint density at radius 3 is 2.53 bits per heavy atom. The van der Waals surface area contributed by atoms with Gasteiger partial charge >= 0.3 is 0 Å². The normalized spacial score (nSPS) is 30.0. The number of piperidine rings is 1. The van der Waals surface area contributed by atoms with E-state index in [4.69, 9.17) is 0 Å². The predicted molar refractivity (Wildman–Crippen MR) is 56.3 cm³/mol. The maximum absolute atomic E-state index is 13.2. The molecule has 88 valence electrons. The zero-order chi connectivity index (χ0) is 10.7. The molecule has 0 saturated carbocycles. The van der Waals surface area contributed by atoms with Gasteiger partial charge in [0.1, 0.15) is 0 Å². The third kappa shape index (κ3) is 3.11. The zero-order valence-electron chi connectivity index (χ0n) is 9.14. The van der Waals surface area contributed by atoms with Crippen LogP contribution in [0.3, 0.4) is 0 Å². The molecule has 0 spiro atoms. The van der Waals surface area contributed by atoms with Crippen LogP contribution in [0, 0.1) is 0 Å². The number of halogens is 2. The van der Waals surface area contributed by atoms with E-state index in [1.54, 1.807) is 0 Å². The zero-order valence-corrected chi connectivity index (χ0v) is 9.14. The number of likely N-dealkylation sites (tertiary alicyclic amines) is 1. The minimum Gasteiger partial charge on any atom is -0.317 e. The minimum atomic E-state index is -2.42. The van der Waals surface area contributed by atoms with Crippen molar-refractivity contribution in [1.29, 1.82) is 0 Å². The maximum Gasteiger partial charge on any atom is 0.249 e. The number of hydrogen-bond acceptors (Lipinski definition) is 2. The van der Waals surface area contributed by atoms with E-state index in [0.29, 0.717) is 19.0 Å². The van der Waals surface area contributed by atoms with Crippen molar-refractivity contribution in [3.63, 3.8) is 0 Å². The Kier molecular flexibility index (Phi) is 3.57. The van der Waals surface area contributed by atoms with Gasteiger partial charge in [0, 0.05) is 25.4 Å². The molecule has 2 heterocycles. The van der Waals surface area contributed by atoms with Gasteiger partial charge < -0.3 is 10.2 Å². The summed E-state index contributed by atoms with van der Waals surface area (Å²) < 4.78 is 26.3. The molecular weight excluding hydrogens is 198 g/mol. The van der Waals surface area contributed by atoms with Gasteiger partial charge in [0.15, 0.2) is 0 Å². The van der Waals surface area contributed by atoms with Crippen LogP contribution in [0.25, 0.3) is 0 Å². The van der Waals surface area contributed by atoms with Crippen LogP contribution in [0.1, 0.15) is 32.1 Å². The molecule has 0 unspecified atom stereocenters. The Morgan fingerprint density at radius 2 is 1.80 bits per heavy atom. The van der Waals surface area contributed by atoms with Crippen molar-refractivity contribution < 1.29 is 8.78 Å². The van der Waals surface area contributed by atoms with Crippen molar-refractivity contribution in [2.45, 2.75) is 44.1 Å². The first-order valence-electron chi connectivity index (χ1n) is 6.00. The Balaban J connectivity index is 1.87. The summed E-state index contributed by atoms with van der Waals surface area (Å²) in [6.45, 7) is 3.52. The lowest BCUT2D eigenvalue weighted by Gasteiger charge is -2.33. The molecule has 0 atom stereocenters. The molecule has 2 nitrogen and oxygen atoms in total. The van der Waals surface area contributed by atoms with Crippen molar-refractivity contribution in [1.82, 2.24) is 10.2 Å². The molecule has 0 amide bonds. The Bertz CT molecular complexity index is 203. The molecule has 0 aromatic heterocycles. The van der Waals surface area contributed by atoms with E-state index < -0.39 is 5.92 Å². The van der Waals surface area contributed by atoms with Crippen LogP contribution >= 0.6 is 0 Å². The second-order valence-electron chi connectivity index (χ2n) is 4.73. The fourth-order valence-electron chi connectivity index (χ4n) is 2.62. The summed E-state index contributed by atoms with van der Waals surface area (Å²) in [7, 11) is 0. The monoisotopic (exact) mass is 218 g/mol. The highest BCUT2D eigenvalue weighted by Crippen LogP contribution is 2.29. The van der Waals surface area contributed by atoms with Gasteiger partial charge in [-0.25, -0.2) is 8.78 Å². The fraction of sp³-hybridized carbons (Fsp3) is 1.00. The topological polar surface area (TPSA) is 15.3 Å². The highest BCUT2D eigenvalue weighted by atomic mass is 19.3. The number of rotatable bonds is 1. The van der Waals surface area contributed by atoms with Crippen LogP contribution in [0.2, 0.25) is 0 Å².